The Morgan fingerprint density at radius 1 is 1.38 bits per heavy atom. The van der Waals surface area contributed by atoms with E-state index in [4.69, 9.17) is 4.98 Å². The van der Waals surface area contributed by atoms with Gasteiger partial charge in [0.2, 0.25) is 0 Å². The van der Waals surface area contributed by atoms with E-state index in [0.717, 1.165) is 30.3 Å². The van der Waals surface area contributed by atoms with Crippen molar-refractivity contribution in [3.05, 3.63) is 40.7 Å². The molecule has 2 rings (SSSR count). The van der Waals surface area contributed by atoms with Gasteiger partial charge in [0.1, 0.15) is 0 Å². The molecule has 2 heterocycles. The molecular weight excluding hydrogens is 280 g/mol. The maximum Gasteiger partial charge on any atom is 0.185 e. The fraction of sp³-hybridized carbons (Fsp3) is 0.500. The topological polar surface area (TPSA) is 41.1 Å². The summed E-state index contributed by atoms with van der Waals surface area (Å²) >= 11 is 1.78. The van der Waals surface area contributed by atoms with E-state index in [0.29, 0.717) is 5.92 Å². The number of anilines is 1. The minimum absolute atomic E-state index is 0.501. The summed E-state index contributed by atoms with van der Waals surface area (Å²) in [5, 5.41) is 4.32. The second kappa shape index (κ2) is 7.52. The van der Waals surface area contributed by atoms with Crippen LogP contribution in [0, 0.1) is 0 Å². The first-order valence-corrected chi connectivity index (χ1v) is 8.22. The molecule has 0 amide bonds. The number of thiazole rings is 1. The molecule has 4 nitrogen and oxygen atoms in total. The molecule has 0 bridgehead atoms. The van der Waals surface area contributed by atoms with Crippen molar-refractivity contribution in [3.8, 4) is 0 Å². The minimum Gasteiger partial charge on any atom is -0.345 e. The molecule has 0 aliphatic carbocycles. The van der Waals surface area contributed by atoms with Crippen LogP contribution in [0.15, 0.2) is 24.4 Å². The van der Waals surface area contributed by atoms with Crippen LogP contribution in [-0.4, -0.2) is 24.1 Å². The summed E-state index contributed by atoms with van der Waals surface area (Å²) in [6.07, 6.45) is 2.95. The van der Waals surface area contributed by atoms with Crippen LogP contribution in [0.3, 0.4) is 0 Å². The molecule has 0 aliphatic rings. The van der Waals surface area contributed by atoms with Crippen LogP contribution in [-0.2, 0) is 13.1 Å². The molecule has 5 heteroatoms. The summed E-state index contributed by atoms with van der Waals surface area (Å²) in [6, 6.07) is 6.02. The number of rotatable bonds is 7. The van der Waals surface area contributed by atoms with Crippen molar-refractivity contribution in [2.45, 2.75) is 39.3 Å². The lowest BCUT2D eigenvalue weighted by molar-refractivity contribution is 0.692. The van der Waals surface area contributed by atoms with Crippen LogP contribution in [0.5, 0.6) is 0 Å². The first-order chi connectivity index (χ1) is 10.2. The van der Waals surface area contributed by atoms with E-state index >= 15 is 0 Å². The van der Waals surface area contributed by atoms with Crippen molar-refractivity contribution < 1.29 is 0 Å². The Labute approximate surface area is 131 Å². The molecule has 0 saturated carbocycles. The number of pyridine rings is 1. The molecular formula is C16H24N4S. The lowest BCUT2D eigenvalue weighted by atomic mass is 10.0. The van der Waals surface area contributed by atoms with Crippen LogP contribution in [0.25, 0.3) is 0 Å². The number of aromatic nitrogens is 2. The van der Waals surface area contributed by atoms with Gasteiger partial charge in [-0.3, -0.25) is 4.98 Å². The summed E-state index contributed by atoms with van der Waals surface area (Å²) in [6.45, 7) is 6.13. The van der Waals surface area contributed by atoms with Gasteiger partial charge in [-0.25, -0.2) is 4.98 Å². The molecule has 0 aromatic carbocycles. The summed E-state index contributed by atoms with van der Waals surface area (Å²) in [4.78, 5) is 12.8. The molecule has 0 radical (unpaired) electrons. The van der Waals surface area contributed by atoms with Crippen molar-refractivity contribution in [2.75, 3.05) is 19.0 Å². The first kappa shape index (κ1) is 15.9. The van der Waals surface area contributed by atoms with Crippen molar-refractivity contribution in [3.63, 3.8) is 0 Å². The molecule has 1 N–H and O–H groups in total. The van der Waals surface area contributed by atoms with Crippen molar-refractivity contribution >= 4 is 16.5 Å². The van der Waals surface area contributed by atoms with E-state index in [9.17, 15) is 0 Å². The molecule has 114 valence electrons. The van der Waals surface area contributed by atoms with Gasteiger partial charge in [-0.2, -0.15) is 0 Å². The normalized spacial score (nSPS) is 12.4. The Morgan fingerprint density at radius 3 is 2.81 bits per heavy atom. The van der Waals surface area contributed by atoms with Crippen LogP contribution in [0.4, 0.5) is 5.13 Å². The van der Waals surface area contributed by atoms with Crippen LogP contribution in [0.1, 0.15) is 42.5 Å². The highest BCUT2D eigenvalue weighted by Gasteiger charge is 2.17. The fourth-order valence-corrected chi connectivity index (χ4v) is 3.33. The minimum atomic E-state index is 0.501. The highest BCUT2D eigenvalue weighted by atomic mass is 32.1. The summed E-state index contributed by atoms with van der Waals surface area (Å²) in [5.74, 6) is 0.501. The quantitative estimate of drug-likeness (QED) is 0.851. The molecule has 0 fully saturated rings. The van der Waals surface area contributed by atoms with Crippen molar-refractivity contribution in [1.82, 2.24) is 15.3 Å². The maximum atomic E-state index is 4.87. The van der Waals surface area contributed by atoms with Gasteiger partial charge in [-0.1, -0.05) is 19.9 Å². The molecule has 21 heavy (non-hydrogen) atoms. The monoisotopic (exact) mass is 304 g/mol. The standard InChI is InChI=1S/C16H24N4S/c1-5-12(2)15-14(10-17-3)21-16(19-15)20(4)11-13-8-6-7-9-18-13/h6-9,12,17H,5,10-11H2,1-4H3. The zero-order valence-electron chi connectivity index (χ0n) is 13.3. The summed E-state index contributed by atoms with van der Waals surface area (Å²) < 4.78 is 0. The van der Waals surface area contributed by atoms with Crippen LogP contribution in [0.2, 0.25) is 0 Å². The molecule has 1 unspecified atom stereocenters. The van der Waals surface area contributed by atoms with Gasteiger partial charge < -0.3 is 10.2 Å². The largest absolute Gasteiger partial charge is 0.345 e. The van der Waals surface area contributed by atoms with E-state index in [-0.39, 0.29) is 0 Å². The Bertz CT molecular complexity index is 553. The average Bonchev–Trinajstić information content (AvgIpc) is 2.92. The average molecular weight is 304 g/mol. The van der Waals surface area contributed by atoms with Crippen LogP contribution >= 0.6 is 11.3 Å². The van der Waals surface area contributed by atoms with Gasteiger partial charge in [-0.15, -0.1) is 11.3 Å². The Morgan fingerprint density at radius 2 is 2.19 bits per heavy atom. The van der Waals surface area contributed by atoms with E-state index in [1.807, 2.05) is 31.4 Å². The SMILES string of the molecule is CCC(C)c1nc(N(C)Cc2ccccn2)sc1CNC. The third-order valence-corrected chi connectivity index (χ3v) is 4.77. The van der Waals surface area contributed by atoms with Crippen molar-refractivity contribution in [2.24, 2.45) is 0 Å². The smallest absolute Gasteiger partial charge is 0.185 e. The molecule has 2 aromatic heterocycles. The predicted molar refractivity (Wildman–Crippen MR) is 89.9 cm³/mol. The highest BCUT2D eigenvalue weighted by molar-refractivity contribution is 7.15. The number of hydrogen-bond acceptors (Lipinski definition) is 5. The molecule has 0 spiro atoms. The number of nitrogens with one attached hydrogen (secondary N) is 1. The molecule has 2 aromatic rings. The van der Waals surface area contributed by atoms with Gasteiger partial charge in [0.05, 0.1) is 17.9 Å². The number of hydrogen-bond donors (Lipinski definition) is 1. The lowest BCUT2D eigenvalue weighted by Gasteiger charge is -2.15. The van der Waals surface area contributed by atoms with E-state index in [1.165, 1.54) is 10.6 Å². The predicted octanol–water partition coefficient (Wildman–Crippen LogP) is 3.41. The van der Waals surface area contributed by atoms with Gasteiger partial charge in [0, 0.05) is 24.7 Å². The molecule has 1 atom stereocenters. The van der Waals surface area contributed by atoms with Gasteiger partial charge in [0.25, 0.3) is 0 Å². The van der Waals surface area contributed by atoms with Gasteiger partial charge in [0.15, 0.2) is 5.13 Å². The van der Waals surface area contributed by atoms with E-state index in [1.54, 1.807) is 11.3 Å². The Kier molecular flexibility index (Phi) is 5.70. The summed E-state index contributed by atoms with van der Waals surface area (Å²) in [5.41, 5.74) is 2.30. The fourth-order valence-electron chi connectivity index (χ4n) is 2.18. The second-order valence-electron chi connectivity index (χ2n) is 5.32. The van der Waals surface area contributed by atoms with Crippen LogP contribution < -0.4 is 10.2 Å². The molecule has 0 saturated heterocycles. The first-order valence-electron chi connectivity index (χ1n) is 7.41. The van der Waals surface area contributed by atoms with E-state index < -0.39 is 0 Å². The van der Waals surface area contributed by atoms with Gasteiger partial charge in [-0.05, 0) is 31.5 Å². The van der Waals surface area contributed by atoms with E-state index in [2.05, 4.69) is 36.1 Å². The molecule has 0 aliphatic heterocycles. The second-order valence-corrected chi connectivity index (χ2v) is 6.38. The maximum absolute atomic E-state index is 4.87. The number of nitrogens with zero attached hydrogens (tertiary/aromatic N) is 3. The summed E-state index contributed by atoms with van der Waals surface area (Å²) in [7, 11) is 4.06. The van der Waals surface area contributed by atoms with Gasteiger partial charge >= 0.3 is 0 Å². The third kappa shape index (κ3) is 4.02. The lowest BCUT2D eigenvalue weighted by Crippen LogP contribution is -2.17. The van der Waals surface area contributed by atoms with Crippen molar-refractivity contribution in [1.29, 1.82) is 0 Å². The highest BCUT2D eigenvalue weighted by Crippen LogP contribution is 2.32. The Hall–Kier alpha value is -1.46. The Balaban J connectivity index is 2.19. The zero-order chi connectivity index (χ0) is 15.2. The zero-order valence-corrected chi connectivity index (χ0v) is 14.1. The third-order valence-electron chi connectivity index (χ3n) is 3.58.